The molecule has 108 valence electrons. The molecule has 0 saturated carbocycles. The van der Waals surface area contributed by atoms with Gasteiger partial charge in [0.2, 0.25) is 0 Å². The van der Waals surface area contributed by atoms with Gasteiger partial charge in [0.1, 0.15) is 5.75 Å². The summed E-state index contributed by atoms with van der Waals surface area (Å²) in [6.07, 6.45) is 0.546. The first-order valence-corrected chi connectivity index (χ1v) is 6.76. The van der Waals surface area contributed by atoms with Crippen LogP contribution in [0.5, 0.6) is 5.75 Å². The average Bonchev–Trinajstić information content (AvgIpc) is 2.33. The van der Waals surface area contributed by atoms with E-state index in [0.29, 0.717) is 6.61 Å². The second kappa shape index (κ2) is 6.92. The van der Waals surface area contributed by atoms with Crippen molar-refractivity contribution in [3.63, 3.8) is 0 Å². The predicted octanol–water partition coefficient (Wildman–Crippen LogP) is 3.70. The first-order chi connectivity index (χ1) is 8.83. The van der Waals surface area contributed by atoms with E-state index in [-0.39, 0.29) is 5.41 Å². The second-order valence-electron chi connectivity index (χ2n) is 6.11. The fraction of sp³-hybridized carbons (Fsp3) is 0.625. The van der Waals surface area contributed by atoms with Gasteiger partial charge in [0, 0.05) is 12.2 Å². The quantitative estimate of drug-likeness (QED) is 0.798. The Kier molecular flexibility index (Phi) is 5.83. The largest absolute Gasteiger partial charge is 0.496 e. The summed E-state index contributed by atoms with van der Waals surface area (Å²) < 4.78 is 11.0. The SMILES string of the molecule is COc1ccc(C(C)O)cc1COCCC(C)(C)C. The van der Waals surface area contributed by atoms with Gasteiger partial charge in [0.15, 0.2) is 0 Å². The minimum Gasteiger partial charge on any atom is -0.496 e. The molecule has 0 spiro atoms. The van der Waals surface area contributed by atoms with Crippen molar-refractivity contribution in [3.05, 3.63) is 29.3 Å². The average molecular weight is 266 g/mol. The number of ether oxygens (including phenoxy) is 2. The molecule has 0 fully saturated rings. The molecule has 0 aliphatic carbocycles. The van der Waals surface area contributed by atoms with Crippen molar-refractivity contribution in [3.8, 4) is 5.75 Å². The molecule has 0 saturated heterocycles. The molecule has 0 bridgehead atoms. The maximum Gasteiger partial charge on any atom is 0.124 e. The van der Waals surface area contributed by atoms with E-state index in [4.69, 9.17) is 9.47 Å². The zero-order valence-corrected chi connectivity index (χ0v) is 12.7. The van der Waals surface area contributed by atoms with Crippen LogP contribution in [0, 0.1) is 5.41 Å². The van der Waals surface area contributed by atoms with Crippen molar-refractivity contribution < 1.29 is 14.6 Å². The number of rotatable bonds is 6. The summed E-state index contributed by atoms with van der Waals surface area (Å²) in [6, 6.07) is 5.70. The van der Waals surface area contributed by atoms with E-state index in [1.807, 2.05) is 18.2 Å². The monoisotopic (exact) mass is 266 g/mol. The van der Waals surface area contributed by atoms with Crippen molar-refractivity contribution in [2.75, 3.05) is 13.7 Å². The van der Waals surface area contributed by atoms with Crippen molar-refractivity contribution >= 4 is 0 Å². The number of methoxy groups -OCH3 is 1. The van der Waals surface area contributed by atoms with Gasteiger partial charge < -0.3 is 14.6 Å². The first kappa shape index (κ1) is 16.0. The Labute approximate surface area is 116 Å². The highest BCUT2D eigenvalue weighted by atomic mass is 16.5. The molecule has 1 N–H and O–H groups in total. The normalized spacial score (nSPS) is 13.4. The van der Waals surface area contributed by atoms with Gasteiger partial charge in [-0.15, -0.1) is 0 Å². The molecule has 3 nitrogen and oxygen atoms in total. The molecule has 19 heavy (non-hydrogen) atoms. The smallest absolute Gasteiger partial charge is 0.124 e. The van der Waals surface area contributed by atoms with Crippen molar-refractivity contribution in [2.45, 2.75) is 46.8 Å². The minimum absolute atomic E-state index is 0.283. The van der Waals surface area contributed by atoms with Gasteiger partial charge in [0.05, 0.1) is 19.8 Å². The van der Waals surface area contributed by atoms with E-state index in [1.54, 1.807) is 14.0 Å². The Hall–Kier alpha value is -1.06. The van der Waals surface area contributed by atoms with Gasteiger partial charge >= 0.3 is 0 Å². The number of aliphatic hydroxyl groups excluding tert-OH is 1. The van der Waals surface area contributed by atoms with E-state index in [1.165, 1.54) is 0 Å². The van der Waals surface area contributed by atoms with Crippen LogP contribution in [0.3, 0.4) is 0 Å². The molecule has 1 aromatic rings. The van der Waals surface area contributed by atoms with E-state index in [2.05, 4.69) is 20.8 Å². The predicted molar refractivity (Wildman–Crippen MR) is 77.4 cm³/mol. The minimum atomic E-state index is -0.473. The van der Waals surface area contributed by atoms with Crippen LogP contribution in [0.15, 0.2) is 18.2 Å². The molecule has 1 atom stereocenters. The maximum absolute atomic E-state index is 9.61. The summed E-state index contributed by atoms with van der Waals surface area (Å²) >= 11 is 0. The molecule has 1 aromatic carbocycles. The van der Waals surface area contributed by atoms with Crippen LogP contribution in [0.1, 0.15) is 51.3 Å². The third-order valence-corrected chi connectivity index (χ3v) is 3.04. The molecular formula is C16H26O3. The lowest BCUT2D eigenvalue weighted by Crippen LogP contribution is -2.09. The molecule has 0 heterocycles. The lowest BCUT2D eigenvalue weighted by Gasteiger charge is -2.18. The van der Waals surface area contributed by atoms with E-state index < -0.39 is 6.10 Å². The van der Waals surface area contributed by atoms with Gasteiger partial charge in [-0.1, -0.05) is 26.8 Å². The second-order valence-corrected chi connectivity index (χ2v) is 6.11. The number of hydrogen-bond donors (Lipinski definition) is 1. The summed E-state index contributed by atoms with van der Waals surface area (Å²) in [6.45, 7) is 9.60. The topological polar surface area (TPSA) is 38.7 Å². The summed E-state index contributed by atoms with van der Waals surface area (Å²) in [5.41, 5.74) is 2.15. The molecule has 0 radical (unpaired) electrons. The van der Waals surface area contributed by atoms with Crippen LogP contribution in [-0.2, 0) is 11.3 Å². The Morgan fingerprint density at radius 3 is 2.47 bits per heavy atom. The standard InChI is InChI=1S/C16H26O3/c1-12(17)13-6-7-15(18-5)14(10-13)11-19-9-8-16(2,3)4/h6-7,10,12,17H,8-9,11H2,1-5H3. The molecule has 1 unspecified atom stereocenters. The summed E-state index contributed by atoms with van der Waals surface area (Å²) in [5, 5.41) is 9.61. The van der Waals surface area contributed by atoms with Gasteiger partial charge in [0.25, 0.3) is 0 Å². The lowest BCUT2D eigenvalue weighted by molar-refractivity contribution is 0.0946. The Morgan fingerprint density at radius 1 is 1.26 bits per heavy atom. The first-order valence-electron chi connectivity index (χ1n) is 6.76. The third kappa shape index (κ3) is 5.62. The molecule has 0 aliphatic rings. The fourth-order valence-electron chi connectivity index (χ4n) is 1.73. The van der Waals surface area contributed by atoms with Crippen LogP contribution in [-0.4, -0.2) is 18.8 Å². The van der Waals surface area contributed by atoms with Gasteiger partial charge in [-0.2, -0.15) is 0 Å². The van der Waals surface area contributed by atoms with Gasteiger partial charge in [-0.25, -0.2) is 0 Å². The number of aliphatic hydroxyl groups is 1. The fourth-order valence-corrected chi connectivity index (χ4v) is 1.73. The summed E-state index contributed by atoms with van der Waals surface area (Å²) in [4.78, 5) is 0. The van der Waals surface area contributed by atoms with Crippen LogP contribution < -0.4 is 4.74 Å². The highest BCUT2D eigenvalue weighted by Gasteiger charge is 2.11. The Balaban J connectivity index is 2.62. The molecular weight excluding hydrogens is 240 g/mol. The molecule has 3 heteroatoms. The molecule has 0 aliphatic heterocycles. The third-order valence-electron chi connectivity index (χ3n) is 3.04. The number of hydrogen-bond acceptors (Lipinski definition) is 3. The Morgan fingerprint density at radius 2 is 1.95 bits per heavy atom. The van der Waals surface area contributed by atoms with Gasteiger partial charge in [-0.3, -0.25) is 0 Å². The molecule has 1 rings (SSSR count). The van der Waals surface area contributed by atoms with E-state index in [0.717, 1.165) is 29.9 Å². The molecule has 0 amide bonds. The van der Waals surface area contributed by atoms with E-state index >= 15 is 0 Å². The highest BCUT2D eigenvalue weighted by Crippen LogP contribution is 2.24. The number of benzene rings is 1. The maximum atomic E-state index is 9.61. The zero-order valence-electron chi connectivity index (χ0n) is 12.7. The summed E-state index contributed by atoms with van der Waals surface area (Å²) in [7, 11) is 1.65. The summed E-state index contributed by atoms with van der Waals surface area (Å²) in [5.74, 6) is 0.806. The van der Waals surface area contributed by atoms with Crippen molar-refractivity contribution in [2.24, 2.45) is 5.41 Å². The van der Waals surface area contributed by atoms with Crippen LogP contribution in [0.25, 0.3) is 0 Å². The van der Waals surface area contributed by atoms with Crippen LogP contribution in [0.2, 0.25) is 0 Å². The van der Waals surface area contributed by atoms with Crippen LogP contribution >= 0.6 is 0 Å². The zero-order chi connectivity index (χ0) is 14.5. The van der Waals surface area contributed by atoms with Crippen LogP contribution in [0.4, 0.5) is 0 Å². The highest BCUT2D eigenvalue weighted by molar-refractivity contribution is 5.37. The van der Waals surface area contributed by atoms with Crippen molar-refractivity contribution in [1.82, 2.24) is 0 Å². The van der Waals surface area contributed by atoms with Crippen molar-refractivity contribution in [1.29, 1.82) is 0 Å². The van der Waals surface area contributed by atoms with Gasteiger partial charge in [-0.05, 0) is 36.5 Å². The van der Waals surface area contributed by atoms with E-state index in [9.17, 15) is 5.11 Å². The lowest BCUT2D eigenvalue weighted by atomic mass is 9.93. The Bertz CT molecular complexity index is 391. The molecule has 0 aromatic heterocycles.